The zero-order valence-corrected chi connectivity index (χ0v) is 9.81. The Kier molecular flexibility index (Phi) is 3.00. The van der Waals surface area contributed by atoms with Crippen LogP contribution in [0.2, 0.25) is 0 Å². The summed E-state index contributed by atoms with van der Waals surface area (Å²) in [7, 11) is 0. The number of carbonyl (C=O) groups is 1. The van der Waals surface area contributed by atoms with Crippen molar-refractivity contribution in [1.82, 2.24) is 14.7 Å². The largest absolute Gasteiger partial charge is 0.382 e. The van der Waals surface area contributed by atoms with E-state index in [-0.39, 0.29) is 5.91 Å². The minimum Gasteiger partial charge on any atom is -0.382 e. The lowest BCUT2D eigenvalue weighted by atomic mass is 10.1. The molecule has 0 bridgehead atoms. The third-order valence-electron chi connectivity index (χ3n) is 3.05. The average Bonchev–Trinajstić information content (AvgIpc) is 2.63. The Morgan fingerprint density at radius 2 is 2.41 bits per heavy atom. The van der Waals surface area contributed by atoms with Gasteiger partial charge in [-0.05, 0) is 0 Å². The normalized spacial score (nSPS) is 14.2. The van der Waals surface area contributed by atoms with Gasteiger partial charge >= 0.3 is 0 Å². The molecular weight excluding hydrogens is 218 g/mol. The molecule has 17 heavy (non-hydrogen) atoms. The summed E-state index contributed by atoms with van der Waals surface area (Å²) in [6.45, 7) is 3.35. The van der Waals surface area contributed by atoms with Crippen molar-refractivity contribution in [2.24, 2.45) is 0 Å². The maximum atomic E-state index is 11.3. The van der Waals surface area contributed by atoms with Crippen LogP contribution in [0.25, 0.3) is 0 Å². The van der Waals surface area contributed by atoms with Gasteiger partial charge in [0, 0.05) is 31.1 Å². The summed E-state index contributed by atoms with van der Waals surface area (Å²) in [5, 5.41) is 12.8. The molecule has 0 spiro atoms. The maximum Gasteiger partial charge on any atom is 0.219 e. The second-order valence-corrected chi connectivity index (χ2v) is 4.13. The van der Waals surface area contributed by atoms with Crippen molar-refractivity contribution in [1.29, 1.82) is 5.26 Å². The van der Waals surface area contributed by atoms with Crippen LogP contribution in [0.4, 0.5) is 5.82 Å². The molecule has 0 unspecified atom stereocenters. The van der Waals surface area contributed by atoms with Gasteiger partial charge in [-0.1, -0.05) is 0 Å². The smallest absolute Gasteiger partial charge is 0.219 e. The van der Waals surface area contributed by atoms with Gasteiger partial charge in [0.1, 0.15) is 0 Å². The lowest BCUT2D eigenvalue weighted by molar-refractivity contribution is -0.129. The van der Waals surface area contributed by atoms with Gasteiger partial charge in [0.25, 0.3) is 0 Å². The number of amides is 1. The van der Waals surface area contributed by atoms with E-state index in [2.05, 4.69) is 11.2 Å². The molecular formula is C11H15N5O. The average molecular weight is 233 g/mol. The molecule has 0 saturated carbocycles. The van der Waals surface area contributed by atoms with Crippen molar-refractivity contribution in [3.05, 3.63) is 11.3 Å². The van der Waals surface area contributed by atoms with Crippen molar-refractivity contribution in [2.45, 2.75) is 32.9 Å². The van der Waals surface area contributed by atoms with Crippen LogP contribution in [-0.2, 0) is 24.3 Å². The van der Waals surface area contributed by atoms with Crippen LogP contribution in [-0.4, -0.2) is 27.1 Å². The van der Waals surface area contributed by atoms with Crippen molar-refractivity contribution < 1.29 is 4.79 Å². The Hall–Kier alpha value is -2.03. The van der Waals surface area contributed by atoms with Gasteiger partial charge in [0.2, 0.25) is 5.91 Å². The molecule has 1 aliphatic heterocycles. The van der Waals surface area contributed by atoms with E-state index in [4.69, 9.17) is 11.0 Å². The number of nitrogens with zero attached hydrogens (tertiary/aromatic N) is 4. The first-order valence-corrected chi connectivity index (χ1v) is 5.60. The molecule has 0 radical (unpaired) electrons. The number of aryl methyl sites for hydroxylation is 1. The number of hydrogen-bond acceptors (Lipinski definition) is 4. The third-order valence-corrected chi connectivity index (χ3v) is 3.05. The molecule has 0 atom stereocenters. The van der Waals surface area contributed by atoms with Crippen LogP contribution >= 0.6 is 0 Å². The summed E-state index contributed by atoms with van der Waals surface area (Å²) >= 11 is 0. The van der Waals surface area contributed by atoms with Crippen molar-refractivity contribution in [2.75, 3.05) is 12.3 Å². The Morgan fingerprint density at radius 3 is 3.06 bits per heavy atom. The Labute approximate surface area is 99.6 Å². The summed E-state index contributed by atoms with van der Waals surface area (Å²) in [6, 6.07) is 2.09. The number of aromatic nitrogens is 2. The van der Waals surface area contributed by atoms with Crippen LogP contribution in [0, 0.1) is 11.3 Å². The molecule has 1 aromatic rings. The van der Waals surface area contributed by atoms with Crippen molar-refractivity contribution in [3.8, 4) is 6.07 Å². The highest BCUT2D eigenvalue weighted by Gasteiger charge is 2.24. The van der Waals surface area contributed by atoms with Crippen LogP contribution in [0.15, 0.2) is 0 Å². The number of nitrogen functional groups attached to an aromatic ring is 1. The summed E-state index contributed by atoms with van der Waals surface area (Å²) in [6.07, 6.45) is 1.18. The van der Waals surface area contributed by atoms with Crippen LogP contribution in [0.5, 0.6) is 0 Å². The second kappa shape index (κ2) is 4.45. The number of carbonyl (C=O) groups excluding carboxylic acids is 1. The van der Waals surface area contributed by atoms with Crippen molar-refractivity contribution >= 4 is 11.7 Å². The van der Waals surface area contributed by atoms with Crippen LogP contribution < -0.4 is 5.73 Å². The van der Waals surface area contributed by atoms with E-state index < -0.39 is 0 Å². The predicted octanol–water partition coefficient (Wildman–Crippen LogP) is 0.284. The molecule has 2 N–H and O–H groups in total. The fraction of sp³-hybridized carbons (Fsp3) is 0.545. The summed E-state index contributed by atoms with van der Waals surface area (Å²) in [5.74, 6) is 0.531. The van der Waals surface area contributed by atoms with Gasteiger partial charge in [-0.25, -0.2) is 0 Å². The van der Waals surface area contributed by atoms with E-state index in [0.717, 1.165) is 17.7 Å². The molecule has 6 heteroatoms. The van der Waals surface area contributed by atoms with E-state index >= 15 is 0 Å². The standard InChI is InChI=1S/C11H15N5O/c1-8(17)15-6-3-10-9(7-15)11(13)14-16(10)5-2-4-12/h2-3,5-7H2,1H3,(H2,13,14). The molecule has 90 valence electrons. The number of nitrogens with two attached hydrogens (primary N) is 1. The van der Waals surface area contributed by atoms with E-state index in [1.165, 1.54) is 0 Å². The monoisotopic (exact) mass is 233 g/mol. The Bertz CT molecular complexity index is 485. The number of fused-ring (bicyclic) bond motifs is 1. The number of rotatable bonds is 2. The van der Waals surface area contributed by atoms with Crippen LogP contribution in [0.1, 0.15) is 24.6 Å². The summed E-state index contributed by atoms with van der Waals surface area (Å²) in [4.78, 5) is 13.1. The first-order chi connectivity index (χ1) is 8.13. The molecule has 2 heterocycles. The number of anilines is 1. The fourth-order valence-corrected chi connectivity index (χ4v) is 2.13. The number of hydrogen-bond donors (Lipinski definition) is 1. The highest BCUT2D eigenvalue weighted by Crippen LogP contribution is 2.24. The Balaban J connectivity index is 2.25. The first-order valence-electron chi connectivity index (χ1n) is 5.60. The van der Waals surface area contributed by atoms with Gasteiger partial charge in [-0.15, -0.1) is 0 Å². The minimum absolute atomic E-state index is 0.0554. The molecule has 1 amide bonds. The second-order valence-electron chi connectivity index (χ2n) is 4.13. The van der Waals surface area contributed by atoms with Crippen molar-refractivity contribution in [3.63, 3.8) is 0 Å². The van der Waals surface area contributed by atoms with Crippen LogP contribution in [0.3, 0.4) is 0 Å². The fourth-order valence-electron chi connectivity index (χ4n) is 2.13. The SMILES string of the molecule is CC(=O)N1CCc2c(c(N)nn2CCC#N)C1. The van der Waals surface area contributed by atoms with Gasteiger partial charge < -0.3 is 10.6 Å². The molecule has 0 fully saturated rings. The zero-order chi connectivity index (χ0) is 12.4. The number of nitriles is 1. The van der Waals surface area contributed by atoms with E-state index in [1.807, 2.05) is 0 Å². The summed E-state index contributed by atoms with van der Waals surface area (Å²) < 4.78 is 1.80. The molecule has 0 aromatic carbocycles. The predicted molar refractivity (Wildman–Crippen MR) is 61.7 cm³/mol. The molecule has 1 aromatic heterocycles. The Morgan fingerprint density at radius 1 is 1.65 bits per heavy atom. The molecule has 1 aliphatic rings. The van der Waals surface area contributed by atoms with Gasteiger partial charge in [-0.2, -0.15) is 10.4 Å². The topological polar surface area (TPSA) is 87.9 Å². The molecule has 0 saturated heterocycles. The molecule has 6 nitrogen and oxygen atoms in total. The van der Waals surface area contributed by atoms with E-state index in [9.17, 15) is 4.79 Å². The highest BCUT2D eigenvalue weighted by atomic mass is 16.2. The van der Waals surface area contributed by atoms with Gasteiger partial charge in [0.15, 0.2) is 5.82 Å². The molecule has 2 rings (SSSR count). The van der Waals surface area contributed by atoms with E-state index in [1.54, 1.807) is 16.5 Å². The van der Waals surface area contributed by atoms with E-state index in [0.29, 0.717) is 31.9 Å². The molecule has 0 aliphatic carbocycles. The zero-order valence-electron chi connectivity index (χ0n) is 9.81. The minimum atomic E-state index is 0.0554. The van der Waals surface area contributed by atoms with Gasteiger partial charge in [-0.3, -0.25) is 9.48 Å². The van der Waals surface area contributed by atoms with Gasteiger partial charge in [0.05, 0.1) is 25.6 Å². The summed E-state index contributed by atoms with van der Waals surface area (Å²) in [5.41, 5.74) is 7.84. The quantitative estimate of drug-likeness (QED) is 0.794. The maximum absolute atomic E-state index is 11.3. The third kappa shape index (κ3) is 2.09. The lowest BCUT2D eigenvalue weighted by Gasteiger charge is -2.26. The highest BCUT2D eigenvalue weighted by molar-refractivity contribution is 5.73. The lowest BCUT2D eigenvalue weighted by Crippen LogP contribution is -2.34. The first kappa shape index (κ1) is 11.5.